The molecule has 0 aromatic heterocycles. The summed E-state index contributed by atoms with van der Waals surface area (Å²) < 4.78 is 0. The first-order valence-corrected chi connectivity index (χ1v) is 6.80. The van der Waals surface area contributed by atoms with Crippen LogP contribution >= 0.6 is 0 Å². The molecule has 0 saturated heterocycles. The molecule has 1 atom stereocenters. The van der Waals surface area contributed by atoms with Gasteiger partial charge in [-0.05, 0) is 43.2 Å². The number of carbonyl (C=O) groups excluding carboxylic acids is 1. The van der Waals surface area contributed by atoms with Crippen molar-refractivity contribution < 1.29 is 4.79 Å². The Labute approximate surface area is 111 Å². The predicted octanol–water partition coefficient (Wildman–Crippen LogP) is 3.29. The van der Waals surface area contributed by atoms with Gasteiger partial charge in [0.1, 0.15) is 0 Å². The molecule has 0 saturated carbocycles. The minimum absolute atomic E-state index is 0.0127. The maximum Gasteiger partial charge on any atom is 0.220 e. The number of nitrogens with two attached hydrogens (primary N) is 1. The van der Waals surface area contributed by atoms with Crippen molar-refractivity contribution >= 4 is 5.91 Å². The van der Waals surface area contributed by atoms with E-state index in [0.29, 0.717) is 0 Å². The smallest absolute Gasteiger partial charge is 0.220 e. The highest BCUT2D eigenvalue weighted by molar-refractivity contribution is 5.76. The molecule has 1 unspecified atom stereocenters. The second-order valence-corrected chi connectivity index (χ2v) is 4.97. The lowest BCUT2D eigenvalue weighted by molar-refractivity contribution is -0.121. The molecule has 0 fully saturated rings. The quantitative estimate of drug-likeness (QED) is 0.751. The third-order valence-corrected chi connectivity index (χ3v) is 3.33. The Bertz CT molecular complexity index is 356. The van der Waals surface area contributed by atoms with E-state index < -0.39 is 0 Å². The van der Waals surface area contributed by atoms with Crippen LogP contribution in [0.3, 0.4) is 0 Å². The summed E-state index contributed by atoms with van der Waals surface area (Å²) in [5, 5.41) is 0. The first kappa shape index (κ1) is 14.7. The van der Waals surface area contributed by atoms with Crippen LogP contribution in [-0.2, 0) is 17.6 Å². The van der Waals surface area contributed by atoms with Crippen molar-refractivity contribution in [2.75, 3.05) is 0 Å². The Hall–Kier alpha value is -1.31. The summed E-state index contributed by atoms with van der Waals surface area (Å²) in [7, 11) is 0. The molecule has 0 spiro atoms. The van der Waals surface area contributed by atoms with Gasteiger partial charge in [-0.3, -0.25) is 4.79 Å². The minimum Gasteiger partial charge on any atom is -0.369 e. The van der Waals surface area contributed by atoms with Gasteiger partial charge in [-0.25, -0.2) is 0 Å². The van der Waals surface area contributed by atoms with Gasteiger partial charge >= 0.3 is 0 Å². The van der Waals surface area contributed by atoms with Gasteiger partial charge in [-0.2, -0.15) is 0 Å². The topological polar surface area (TPSA) is 43.1 Å². The minimum atomic E-state index is -0.196. The number of unbranched alkanes of at least 4 members (excludes halogenated alkanes) is 1. The van der Waals surface area contributed by atoms with Crippen LogP contribution in [0.4, 0.5) is 0 Å². The summed E-state index contributed by atoms with van der Waals surface area (Å²) in [5.41, 5.74) is 7.96. The average molecular weight is 246 g/mol. The van der Waals surface area contributed by atoms with Gasteiger partial charge in [0, 0.05) is 5.92 Å². The predicted molar refractivity (Wildman–Crippen MR) is 76.0 cm³/mol. The number of benzene rings is 1. The molecule has 0 bridgehead atoms. The Kier molecular flexibility index (Phi) is 6.48. The highest BCUT2D eigenvalue weighted by Gasteiger charge is 2.07. The standard InChI is InChI=1S/C16H24NO/c1-3-4-7-14-9-11-15(12-10-14)8-5-6-13(2)16(17)18/h9-13H,1,3-8H2,2H3,(H2,17,18). The second kappa shape index (κ2) is 7.91. The largest absolute Gasteiger partial charge is 0.369 e. The molecule has 0 aliphatic heterocycles. The number of amides is 1. The van der Waals surface area contributed by atoms with Gasteiger partial charge in [-0.15, -0.1) is 0 Å². The molecule has 0 heterocycles. The number of hydrogen-bond donors (Lipinski definition) is 1. The van der Waals surface area contributed by atoms with E-state index in [1.807, 2.05) is 6.92 Å². The van der Waals surface area contributed by atoms with Crippen LogP contribution in [0.1, 0.15) is 43.7 Å². The molecule has 2 N–H and O–H groups in total. The fraction of sp³-hybridized carbons (Fsp3) is 0.500. The SMILES string of the molecule is [CH2]CCCc1ccc(CCCC(C)C(N)=O)cc1. The van der Waals surface area contributed by atoms with Gasteiger partial charge < -0.3 is 5.73 Å². The van der Waals surface area contributed by atoms with Crippen LogP contribution in [0.2, 0.25) is 0 Å². The maximum atomic E-state index is 10.9. The monoisotopic (exact) mass is 246 g/mol. The Morgan fingerprint density at radius 3 is 2.11 bits per heavy atom. The van der Waals surface area contributed by atoms with Crippen molar-refractivity contribution in [1.82, 2.24) is 0 Å². The normalized spacial score (nSPS) is 12.3. The summed E-state index contributed by atoms with van der Waals surface area (Å²) in [6.07, 6.45) is 6.17. The Balaban J connectivity index is 2.32. The fourth-order valence-electron chi connectivity index (χ4n) is 1.96. The van der Waals surface area contributed by atoms with Crippen LogP contribution in [-0.4, -0.2) is 5.91 Å². The third kappa shape index (κ3) is 5.35. The van der Waals surface area contributed by atoms with Crippen molar-refractivity contribution in [2.24, 2.45) is 11.7 Å². The van der Waals surface area contributed by atoms with E-state index in [-0.39, 0.29) is 11.8 Å². The molecule has 0 aliphatic rings. The fourth-order valence-corrected chi connectivity index (χ4v) is 1.96. The maximum absolute atomic E-state index is 10.9. The van der Waals surface area contributed by atoms with Gasteiger partial charge in [0.15, 0.2) is 0 Å². The third-order valence-electron chi connectivity index (χ3n) is 3.33. The zero-order valence-corrected chi connectivity index (χ0v) is 11.3. The van der Waals surface area contributed by atoms with Crippen LogP contribution < -0.4 is 5.73 Å². The summed E-state index contributed by atoms with van der Waals surface area (Å²) in [6, 6.07) is 8.77. The summed E-state index contributed by atoms with van der Waals surface area (Å²) in [4.78, 5) is 10.9. The lowest BCUT2D eigenvalue weighted by Crippen LogP contribution is -2.20. The number of carbonyl (C=O) groups is 1. The number of aryl methyl sites for hydroxylation is 2. The lowest BCUT2D eigenvalue weighted by atomic mass is 9.99. The molecule has 1 aromatic carbocycles. The number of primary amides is 1. The first-order chi connectivity index (χ1) is 8.63. The zero-order chi connectivity index (χ0) is 13.4. The highest BCUT2D eigenvalue weighted by Crippen LogP contribution is 2.12. The van der Waals surface area contributed by atoms with E-state index in [9.17, 15) is 4.79 Å². The zero-order valence-electron chi connectivity index (χ0n) is 11.3. The molecule has 1 radical (unpaired) electrons. The van der Waals surface area contributed by atoms with E-state index in [1.165, 1.54) is 11.1 Å². The van der Waals surface area contributed by atoms with Gasteiger partial charge in [-0.1, -0.05) is 44.5 Å². The van der Waals surface area contributed by atoms with Crippen LogP contribution in [0, 0.1) is 12.8 Å². The van der Waals surface area contributed by atoms with Crippen molar-refractivity contribution in [1.29, 1.82) is 0 Å². The van der Waals surface area contributed by atoms with Crippen LogP contribution in [0.25, 0.3) is 0 Å². The first-order valence-electron chi connectivity index (χ1n) is 6.80. The van der Waals surface area contributed by atoms with E-state index in [0.717, 1.165) is 38.5 Å². The average Bonchev–Trinajstić information content (AvgIpc) is 2.37. The van der Waals surface area contributed by atoms with Crippen molar-refractivity contribution in [2.45, 2.75) is 45.4 Å². The summed E-state index contributed by atoms with van der Waals surface area (Å²) in [5.74, 6) is -0.208. The Morgan fingerprint density at radius 2 is 1.67 bits per heavy atom. The molecular weight excluding hydrogens is 222 g/mol. The van der Waals surface area contributed by atoms with Crippen LogP contribution in [0.15, 0.2) is 24.3 Å². The van der Waals surface area contributed by atoms with E-state index in [2.05, 4.69) is 31.2 Å². The molecule has 1 amide bonds. The van der Waals surface area contributed by atoms with Crippen molar-refractivity contribution in [3.05, 3.63) is 42.3 Å². The lowest BCUT2D eigenvalue weighted by Gasteiger charge is -2.07. The molecule has 0 aliphatic carbocycles. The molecular formula is C16H24NO. The van der Waals surface area contributed by atoms with E-state index >= 15 is 0 Å². The number of rotatable bonds is 8. The van der Waals surface area contributed by atoms with E-state index in [1.54, 1.807) is 0 Å². The molecule has 18 heavy (non-hydrogen) atoms. The van der Waals surface area contributed by atoms with Crippen molar-refractivity contribution in [3.63, 3.8) is 0 Å². The molecule has 1 rings (SSSR count). The van der Waals surface area contributed by atoms with Crippen LogP contribution in [0.5, 0.6) is 0 Å². The molecule has 1 aromatic rings. The van der Waals surface area contributed by atoms with E-state index in [4.69, 9.17) is 5.73 Å². The highest BCUT2D eigenvalue weighted by atomic mass is 16.1. The molecule has 2 nitrogen and oxygen atoms in total. The molecule has 99 valence electrons. The van der Waals surface area contributed by atoms with Gasteiger partial charge in [0.05, 0.1) is 0 Å². The van der Waals surface area contributed by atoms with Crippen molar-refractivity contribution in [3.8, 4) is 0 Å². The summed E-state index contributed by atoms with van der Waals surface area (Å²) in [6.45, 7) is 5.74. The number of hydrogen-bond acceptors (Lipinski definition) is 1. The summed E-state index contributed by atoms with van der Waals surface area (Å²) >= 11 is 0. The Morgan fingerprint density at radius 1 is 1.17 bits per heavy atom. The second-order valence-electron chi connectivity index (χ2n) is 4.97. The molecule has 2 heteroatoms. The van der Waals surface area contributed by atoms with Gasteiger partial charge in [0.25, 0.3) is 0 Å². The van der Waals surface area contributed by atoms with Gasteiger partial charge in [0.2, 0.25) is 5.91 Å².